The second-order valence-electron chi connectivity index (χ2n) is 5.45. The normalized spacial score (nSPS) is 12.4. The van der Waals surface area contributed by atoms with Crippen molar-refractivity contribution in [3.63, 3.8) is 0 Å². The number of benzene rings is 1. The second-order valence-corrected chi connectivity index (χ2v) is 5.45. The molecule has 112 valence electrons. The van der Waals surface area contributed by atoms with Crippen LogP contribution >= 0.6 is 0 Å². The average Bonchev–Trinajstić information content (AvgIpc) is 2.89. The number of methoxy groups -OCH3 is 1. The predicted octanol–water partition coefficient (Wildman–Crippen LogP) is 2.52. The molecular weight excluding hydrogens is 268 g/mol. The van der Waals surface area contributed by atoms with Gasteiger partial charge in [-0.1, -0.05) is 19.9 Å². The Morgan fingerprint density at radius 3 is 2.81 bits per heavy atom. The van der Waals surface area contributed by atoms with E-state index in [-0.39, 0.29) is 5.91 Å². The molecule has 0 bridgehead atoms. The predicted molar refractivity (Wildman–Crippen MR) is 81.6 cm³/mol. The van der Waals surface area contributed by atoms with Crippen LogP contribution in [0.15, 0.2) is 24.3 Å². The maximum Gasteiger partial charge on any atom is 0.268 e. The van der Waals surface area contributed by atoms with E-state index in [2.05, 4.69) is 10.3 Å². The van der Waals surface area contributed by atoms with Crippen LogP contribution in [0.2, 0.25) is 0 Å². The molecule has 0 fully saturated rings. The summed E-state index contributed by atoms with van der Waals surface area (Å²) in [5.41, 5.74) is 1.25. The molecule has 1 unspecified atom stereocenters. The van der Waals surface area contributed by atoms with E-state index in [0.29, 0.717) is 23.8 Å². The molecule has 1 aromatic heterocycles. The highest BCUT2D eigenvalue weighted by Crippen LogP contribution is 2.25. The highest BCUT2D eigenvalue weighted by molar-refractivity contribution is 6.00. The zero-order valence-corrected chi connectivity index (χ0v) is 12.5. The van der Waals surface area contributed by atoms with E-state index in [9.17, 15) is 9.59 Å². The Bertz CT molecular complexity index is 646. The summed E-state index contributed by atoms with van der Waals surface area (Å²) in [7, 11) is 1.59. The van der Waals surface area contributed by atoms with Gasteiger partial charge in [0.2, 0.25) is 0 Å². The van der Waals surface area contributed by atoms with Crippen molar-refractivity contribution >= 4 is 23.1 Å². The van der Waals surface area contributed by atoms with Crippen molar-refractivity contribution in [2.45, 2.75) is 26.3 Å². The summed E-state index contributed by atoms with van der Waals surface area (Å²) in [6, 6.07) is 6.84. The maximum absolute atomic E-state index is 12.2. The Balaban J connectivity index is 2.21. The minimum Gasteiger partial charge on any atom is -0.496 e. The Labute approximate surface area is 123 Å². The SMILES string of the molecule is COc1cccc2[nH]c(C(=O)NC(C=O)CC(C)C)cc12. The summed E-state index contributed by atoms with van der Waals surface area (Å²) in [6.07, 6.45) is 1.40. The number of aldehydes is 1. The molecule has 0 aliphatic heterocycles. The molecule has 2 aromatic rings. The van der Waals surface area contributed by atoms with E-state index >= 15 is 0 Å². The van der Waals surface area contributed by atoms with E-state index in [1.807, 2.05) is 32.0 Å². The lowest BCUT2D eigenvalue weighted by atomic mass is 10.0. The molecule has 1 atom stereocenters. The molecule has 0 saturated carbocycles. The van der Waals surface area contributed by atoms with Crippen LogP contribution in [0.1, 0.15) is 30.8 Å². The monoisotopic (exact) mass is 288 g/mol. The van der Waals surface area contributed by atoms with Crippen molar-refractivity contribution in [2.24, 2.45) is 5.92 Å². The molecule has 0 aliphatic carbocycles. The van der Waals surface area contributed by atoms with E-state index < -0.39 is 6.04 Å². The van der Waals surface area contributed by atoms with Gasteiger partial charge in [0.25, 0.3) is 5.91 Å². The first kappa shape index (κ1) is 15.1. The highest BCUT2D eigenvalue weighted by Gasteiger charge is 2.17. The molecule has 5 nitrogen and oxygen atoms in total. The number of aromatic amines is 1. The summed E-state index contributed by atoms with van der Waals surface area (Å²) in [6.45, 7) is 4.02. The van der Waals surface area contributed by atoms with Crippen molar-refractivity contribution < 1.29 is 14.3 Å². The van der Waals surface area contributed by atoms with Crippen molar-refractivity contribution in [3.8, 4) is 5.75 Å². The number of carbonyl (C=O) groups is 2. The number of hydrogen-bond donors (Lipinski definition) is 2. The number of rotatable bonds is 6. The average molecular weight is 288 g/mol. The van der Waals surface area contributed by atoms with Gasteiger partial charge in [0.1, 0.15) is 17.7 Å². The third-order valence-electron chi connectivity index (χ3n) is 3.29. The number of hydrogen-bond acceptors (Lipinski definition) is 3. The third-order valence-corrected chi connectivity index (χ3v) is 3.29. The number of fused-ring (bicyclic) bond motifs is 1. The molecule has 1 amide bonds. The quantitative estimate of drug-likeness (QED) is 0.802. The molecule has 1 heterocycles. The van der Waals surface area contributed by atoms with Crippen LogP contribution in [0.25, 0.3) is 10.9 Å². The van der Waals surface area contributed by atoms with Gasteiger partial charge in [-0.05, 0) is 30.5 Å². The fourth-order valence-electron chi connectivity index (χ4n) is 2.33. The van der Waals surface area contributed by atoms with E-state index in [1.165, 1.54) is 0 Å². The molecular formula is C16H20N2O3. The van der Waals surface area contributed by atoms with Crippen molar-refractivity contribution in [1.29, 1.82) is 0 Å². The van der Waals surface area contributed by atoms with Gasteiger partial charge in [-0.15, -0.1) is 0 Å². The van der Waals surface area contributed by atoms with Crippen LogP contribution < -0.4 is 10.1 Å². The van der Waals surface area contributed by atoms with Gasteiger partial charge in [0.05, 0.1) is 13.2 Å². The van der Waals surface area contributed by atoms with Crippen molar-refractivity contribution in [1.82, 2.24) is 10.3 Å². The Morgan fingerprint density at radius 2 is 2.19 bits per heavy atom. The molecule has 1 aromatic carbocycles. The van der Waals surface area contributed by atoms with Crippen LogP contribution in [0.3, 0.4) is 0 Å². The smallest absolute Gasteiger partial charge is 0.268 e. The number of aromatic nitrogens is 1. The standard InChI is InChI=1S/C16H20N2O3/c1-10(2)7-11(9-19)17-16(20)14-8-12-13(18-14)5-4-6-15(12)21-3/h4-6,8-11,18H,7H2,1-3H3,(H,17,20). The maximum atomic E-state index is 12.2. The largest absolute Gasteiger partial charge is 0.496 e. The summed E-state index contributed by atoms with van der Waals surface area (Å²) < 4.78 is 5.27. The van der Waals surface area contributed by atoms with Gasteiger partial charge in [-0.2, -0.15) is 0 Å². The van der Waals surface area contributed by atoms with Crippen LogP contribution in [0, 0.1) is 5.92 Å². The van der Waals surface area contributed by atoms with Crippen LogP contribution in [-0.2, 0) is 4.79 Å². The number of nitrogens with one attached hydrogen (secondary N) is 2. The second kappa shape index (κ2) is 6.43. The first-order chi connectivity index (χ1) is 10.0. The highest BCUT2D eigenvalue weighted by atomic mass is 16.5. The lowest BCUT2D eigenvalue weighted by molar-refractivity contribution is -0.109. The molecule has 2 rings (SSSR count). The van der Waals surface area contributed by atoms with Crippen LogP contribution in [0.5, 0.6) is 5.75 Å². The zero-order valence-electron chi connectivity index (χ0n) is 12.5. The summed E-state index contributed by atoms with van der Waals surface area (Å²) in [5, 5.41) is 3.58. The fraction of sp³-hybridized carbons (Fsp3) is 0.375. The Morgan fingerprint density at radius 1 is 1.43 bits per heavy atom. The first-order valence-electron chi connectivity index (χ1n) is 6.97. The van der Waals surface area contributed by atoms with Gasteiger partial charge >= 0.3 is 0 Å². The van der Waals surface area contributed by atoms with Gasteiger partial charge in [0.15, 0.2) is 0 Å². The lowest BCUT2D eigenvalue weighted by Gasteiger charge is -2.14. The number of ether oxygens (including phenoxy) is 1. The molecule has 0 spiro atoms. The Kier molecular flexibility index (Phi) is 4.62. The Hall–Kier alpha value is -2.30. The fourth-order valence-corrected chi connectivity index (χ4v) is 2.33. The molecule has 21 heavy (non-hydrogen) atoms. The number of H-pyrrole nitrogens is 1. The molecule has 2 N–H and O–H groups in total. The van der Waals surface area contributed by atoms with Gasteiger partial charge in [-0.3, -0.25) is 4.79 Å². The first-order valence-corrected chi connectivity index (χ1v) is 6.97. The lowest BCUT2D eigenvalue weighted by Crippen LogP contribution is -2.37. The van der Waals surface area contributed by atoms with Gasteiger partial charge < -0.3 is 19.8 Å². The van der Waals surface area contributed by atoms with Gasteiger partial charge in [0, 0.05) is 10.9 Å². The van der Waals surface area contributed by atoms with Crippen molar-refractivity contribution in [3.05, 3.63) is 30.0 Å². The minimum atomic E-state index is -0.467. The van der Waals surface area contributed by atoms with Crippen LogP contribution in [0.4, 0.5) is 0 Å². The van der Waals surface area contributed by atoms with E-state index in [4.69, 9.17) is 4.74 Å². The topological polar surface area (TPSA) is 71.2 Å². The number of amides is 1. The van der Waals surface area contributed by atoms with E-state index in [0.717, 1.165) is 17.2 Å². The molecule has 0 aliphatic rings. The molecule has 5 heteroatoms. The zero-order chi connectivity index (χ0) is 15.4. The van der Waals surface area contributed by atoms with E-state index in [1.54, 1.807) is 13.2 Å². The van der Waals surface area contributed by atoms with Crippen molar-refractivity contribution in [2.75, 3.05) is 7.11 Å². The van der Waals surface area contributed by atoms with Crippen LogP contribution in [-0.4, -0.2) is 30.3 Å². The minimum absolute atomic E-state index is 0.286. The summed E-state index contributed by atoms with van der Waals surface area (Å²) in [5.74, 6) is 0.756. The number of carbonyl (C=O) groups excluding carboxylic acids is 2. The third kappa shape index (κ3) is 3.42. The van der Waals surface area contributed by atoms with Gasteiger partial charge in [-0.25, -0.2) is 0 Å². The summed E-state index contributed by atoms with van der Waals surface area (Å²) >= 11 is 0. The molecule has 0 radical (unpaired) electrons. The summed E-state index contributed by atoms with van der Waals surface area (Å²) in [4.78, 5) is 26.3. The molecule has 0 saturated heterocycles.